The molecular weight excluding hydrogens is 671 g/mol. The van der Waals surface area contributed by atoms with Crippen molar-refractivity contribution in [2.24, 2.45) is 17.7 Å². The van der Waals surface area contributed by atoms with E-state index in [0.717, 1.165) is 61.8 Å². The molecule has 0 bridgehead atoms. The number of benzene rings is 1. The average molecular weight is 728 g/mol. The van der Waals surface area contributed by atoms with Crippen molar-refractivity contribution in [3.8, 4) is 0 Å². The van der Waals surface area contributed by atoms with E-state index in [4.69, 9.17) is 11.6 Å². The van der Waals surface area contributed by atoms with Gasteiger partial charge in [-0.1, -0.05) is 37.3 Å². The van der Waals surface area contributed by atoms with Crippen molar-refractivity contribution in [2.75, 3.05) is 58.6 Å². The van der Waals surface area contributed by atoms with Crippen LogP contribution in [0.5, 0.6) is 0 Å². The van der Waals surface area contributed by atoms with Crippen molar-refractivity contribution < 1.29 is 27.6 Å². The molecule has 1 atom stereocenters. The van der Waals surface area contributed by atoms with Gasteiger partial charge in [0.05, 0.1) is 5.57 Å². The third-order valence-corrected chi connectivity index (χ3v) is 11.7. The van der Waals surface area contributed by atoms with E-state index in [0.29, 0.717) is 75.1 Å². The van der Waals surface area contributed by atoms with Crippen LogP contribution < -0.4 is 11.6 Å². The van der Waals surface area contributed by atoms with Gasteiger partial charge in [-0.05, 0) is 119 Å². The number of carbonyl (C=O) groups excluding carboxylic acids is 3. The Morgan fingerprint density at radius 1 is 0.942 bits per heavy atom. The number of hydrogen-bond donors (Lipinski definition) is 2. The van der Waals surface area contributed by atoms with E-state index in [2.05, 4.69) is 11.9 Å². The maximum Gasteiger partial charge on any atom is 0.416 e. The number of likely N-dealkylation sites (tertiary alicyclic amines) is 3. The van der Waals surface area contributed by atoms with Gasteiger partial charge in [0, 0.05) is 50.9 Å². The van der Waals surface area contributed by atoms with E-state index < -0.39 is 23.8 Å². The van der Waals surface area contributed by atoms with E-state index in [9.17, 15) is 27.6 Å². The first-order valence-corrected chi connectivity index (χ1v) is 18.9. The van der Waals surface area contributed by atoms with Crippen LogP contribution >= 0.6 is 0 Å². The summed E-state index contributed by atoms with van der Waals surface area (Å²) in [4.78, 5) is 47.7. The van der Waals surface area contributed by atoms with Crippen LogP contribution in [0.15, 0.2) is 59.2 Å². The second kappa shape index (κ2) is 17.8. The Morgan fingerprint density at radius 2 is 1.56 bits per heavy atom. The zero-order valence-corrected chi connectivity index (χ0v) is 30.7. The summed E-state index contributed by atoms with van der Waals surface area (Å²) in [6.07, 6.45) is 6.70. The standard InChI is InChI=1S/C39H56F3N7O3/c1-3-29-9-6-7-28(25-34(29)39(40,41)42)26-36(37(51)46-20-13-31(14-21-46)30-11-18-45(2)19-12-30)49(44)38(52)47-23-16-33(17-24-47)48(27-50)22-15-32-8-4-5-10-35(32)43/h4-5,7-10,25,27,30-31,33,36H,3,6,11-24,26,43-44H2,1-2H3/t36-/m1/s1. The maximum atomic E-state index is 14.3. The molecule has 0 aromatic heterocycles. The predicted molar refractivity (Wildman–Crippen MR) is 196 cm³/mol. The number of nitrogens with two attached hydrogens (primary N) is 2. The third kappa shape index (κ3) is 9.77. The van der Waals surface area contributed by atoms with E-state index >= 15 is 0 Å². The number of nitrogens with zero attached hydrogens (tertiary/aromatic N) is 5. The van der Waals surface area contributed by atoms with Gasteiger partial charge < -0.3 is 25.3 Å². The molecule has 4 aliphatic rings. The summed E-state index contributed by atoms with van der Waals surface area (Å²) in [6, 6.07) is 5.75. The lowest BCUT2D eigenvalue weighted by molar-refractivity contribution is -0.138. The highest BCUT2D eigenvalue weighted by molar-refractivity contribution is 5.87. The summed E-state index contributed by atoms with van der Waals surface area (Å²) >= 11 is 0. The van der Waals surface area contributed by atoms with Crippen molar-refractivity contribution in [2.45, 2.75) is 89.4 Å². The second-order valence-electron chi connectivity index (χ2n) is 14.9. The van der Waals surface area contributed by atoms with Crippen LogP contribution in [0.3, 0.4) is 0 Å². The summed E-state index contributed by atoms with van der Waals surface area (Å²) in [6.45, 7) is 6.02. The molecular formula is C39H56F3N7O3. The van der Waals surface area contributed by atoms with Crippen LogP contribution in [0.2, 0.25) is 0 Å². The topological polar surface area (TPSA) is 119 Å². The minimum atomic E-state index is -4.56. The molecule has 52 heavy (non-hydrogen) atoms. The molecule has 5 rings (SSSR count). The molecule has 1 aliphatic carbocycles. The van der Waals surface area contributed by atoms with Gasteiger partial charge in [-0.3, -0.25) is 9.59 Å². The van der Waals surface area contributed by atoms with Gasteiger partial charge in [-0.2, -0.15) is 13.2 Å². The van der Waals surface area contributed by atoms with Crippen molar-refractivity contribution in [1.82, 2.24) is 24.6 Å². The average Bonchev–Trinajstić information content (AvgIpc) is 3.37. The smallest absolute Gasteiger partial charge is 0.399 e. The van der Waals surface area contributed by atoms with Gasteiger partial charge in [0.15, 0.2) is 0 Å². The number of urea groups is 1. The molecule has 286 valence electrons. The SMILES string of the molecule is CCC1=CCC=C(C[C@H](C(=O)N2CCC(C3CCN(C)CC3)CC2)N(N)C(=O)N2CCC(N(C=O)CCc3ccccc3N)CC2)C=C1C(F)(F)F. The van der Waals surface area contributed by atoms with Gasteiger partial charge >= 0.3 is 12.2 Å². The van der Waals surface area contributed by atoms with E-state index in [1.54, 1.807) is 33.8 Å². The number of para-hydroxylation sites is 1. The fourth-order valence-electron chi connectivity index (χ4n) is 8.39. The van der Waals surface area contributed by atoms with Crippen LogP contribution in [0.1, 0.15) is 70.3 Å². The molecule has 0 saturated carbocycles. The number of amides is 4. The predicted octanol–water partition coefficient (Wildman–Crippen LogP) is 5.52. The van der Waals surface area contributed by atoms with Crippen LogP contribution in [0.4, 0.5) is 23.7 Å². The lowest BCUT2D eigenvalue weighted by atomic mass is 9.79. The summed E-state index contributed by atoms with van der Waals surface area (Å²) in [5.74, 6) is 7.36. The lowest BCUT2D eigenvalue weighted by Crippen LogP contribution is -2.60. The van der Waals surface area contributed by atoms with Gasteiger partial charge in [0.1, 0.15) is 6.04 Å². The molecule has 1 aromatic rings. The monoisotopic (exact) mass is 727 g/mol. The number of piperidine rings is 3. The molecule has 13 heteroatoms. The van der Waals surface area contributed by atoms with E-state index in [1.165, 1.54) is 0 Å². The van der Waals surface area contributed by atoms with Crippen molar-refractivity contribution in [3.05, 3.63) is 64.8 Å². The lowest BCUT2D eigenvalue weighted by Gasteiger charge is -2.42. The van der Waals surface area contributed by atoms with Crippen molar-refractivity contribution in [3.63, 3.8) is 0 Å². The molecule has 4 amide bonds. The zero-order valence-electron chi connectivity index (χ0n) is 30.7. The molecule has 3 heterocycles. The molecule has 0 unspecified atom stereocenters. The van der Waals surface area contributed by atoms with E-state index in [-0.39, 0.29) is 36.8 Å². The summed E-state index contributed by atoms with van der Waals surface area (Å²) < 4.78 is 42.6. The van der Waals surface area contributed by atoms with E-state index in [1.807, 2.05) is 24.3 Å². The number of nitrogen functional groups attached to an aromatic ring is 1. The second-order valence-corrected chi connectivity index (χ2v) is 14.9. The quantitative estimate of drug-likeness (QED) is 0.102. The van der Waals surface area contributed by atoms with Crippen molar-refractivity contribution in [1.29, 1.82) is 0 Å². The van der Waals surface area contributed by atoms with Gasteiger partial charge in [-0.25, -0.2) is 15.6 Å². The molecule has 0 radical (unpaired) electrons. The normalized spacial score (nSPS) is 20.8. The minimum Gasteiger partial charge on any atom is -0.399 e. The Balaban J connectivity index is 1.27. The molecule has 0 spiro atoms. The highest BCUT2D eigenvalue weighted by Gasteiger charge is 2.40. The Kier molecular flexibility index (Phi) is 13.5. The number of halogens is 3. The first-order chi connectivity index (χ1) is 24.9. The summed E-state index contributed by atoms with van der Waals surface area (Å²) in [5.41, 5.74) is 7.54. The van der Waals surface area contributed by atoms with Crippen LogP contribution in [-0.4, -0.2) is 114 Å². The Bertz CT molecular complexity index is 1490. The van der Waals surface area contributed by atoms with Gasteiger partial charge in [0.2, 0.25) is 12.3 Å². The Hall–Kier alpha value is -3.84. The Morgan fingerprint density at radius 3 is 2.15 bits per heavy atom. The Labute approximate surface area is 306 Å². The molecule has 3 aliphatic heterocycles. The number of allylic oxidation sites excluding steroid dienone is 5. The first kappa shape index (κ1) is 39.4. The maximum absolute atomic E-state index is 14.3. The fraction of sp³-hybridized carbons (Fsp3) is 0.615. The molecule has 4 N–H and O–H groups in total. The first-order valence-electron chi connectivity index (χ1n) is 18.9. The van der Waals surface area contributed by atoms with Crippen molar-refractivity contribution >= 4 is 24.0 Å². The fourth-order valence-corrected chi connectivity index (χ4v) is 8.39. The molecule has 3 saturated heterocycles. The minimum absolute atomic E-state index is 0.0802. The summed E-state index contributed by atoms with van der Waals surface area (Å²) in [5, 5.41) is 0.947. The number of carbonyl (C=O) groups is 3. The summed E-state index contributed by atoms with van der Waals surface area (Å²) in [7, 11) is 2.14. The molecule has 10 nitrogen and oxygen atoms in total. The van der Waals surface area contributed by atoms with Crippen LogP contribution in [0.25, 0.3) is 0 Å². The number of anilines is 1. The number of rotatable bonds is 11. The highest BCUT2D eigenvalue weighted by Crippen LogP contribution is 2.37. The molecule has 3 fully saturated rings. The number of alkyl halides is 3. The number of hydrogen-bond acceptors (Lipinski definition) is 6. The molecule has 1 aromatic carbocycles. The van der Waals surface area contributed by atoms with Crippen LogP contribution in [-0.2, 0) is 16.0 Å². The van der Waals surface area contributed by atoms with Crippen LogP contribution in [0, 0.1) is 11.8 Å². The van der Waals surface area contributed by atoms with Gasteiger partial charge in [-0.15, -0.1) is 0 Å². The number of hydrazine groups is 1. The highest BCUT2D eigenvalue weighted by atomic mass is 19.4. The van der Waals surface area contributed by atoms with Gasteiger partial charge in [0.25, 0.3) is 0 Å². The zero-order chi connectivity index (χ0) is 37.4. The third-order valence-electron chi connectivity index (χ3n) is 11.7. The largest absolute Gasteiger partial charge is 0.416 e.